The summed E-state index contributed by atoms with van der Waals surface area (Å²) in [4.78, 5) is 11.0. The molecule has 0 spiro atoms. The number of aliphatic hydroxyl groups is 1. The number of hydrogen-bond acceptors (Lipinski definition) is 3. The second-order valence-corrected chi connectivity index (χ2v) is 6.10. The van der Waals surface area contributed by atoms with Crippen LogP contribution in [0.4, 0.5) is 0 Å². The van der Waals surface area contributed by atoms with Gasteiger partial charge in [0, 0.05) is 36.1 Å². The van der Waals surface area contributed by atoms with E-state index in [4.69, 9.17) is 11.6 Å². The lowest BCUT2D eigenvalue weighted by molar-refractivity contribution is -0.119. The van der Waals surface area contributed by atoms with Crippen molar-refractivity contribution in [3.63, 3.8) is 0 Å². The number of amides is 1. The Morgan fingerprint density at radius 2 is 1.90 bits per heavy atom. The van der Waals surface area contributed by atoms with Crippen molar-refractivity contribution in [2.24, 2.45) is 0 Å². The van der Waals surface area contributed by atoms with E-state index in [1.54, 1.807) is 13.0 Å². The number of nitrogens with one attached hydrogen (secondary N) is 2. The fourth-order valence-electron chi connectivity index (χ4n) is 2.86. The predicted octanol–water partition coefficient (Wildman–Crippen LogP) is 2.41. The van der Waals surface area contributed by atoms with Crippen LogP contribution in [0.3, 0.4) is 0 Å². The zero-order valence-corrected chi connectivity index (χ0v) is 13.1. The first-order valence-electron chi connectivity index (χ1n) is 7.49. The molecule has 0 unspecified atom stereocenters. The molecule has 1 fully saturated rings. The molecule has 0 radical (unpaired) electrons. The van der Waals surface area contributed by atoms with Crippen LogP contribution in [0.1, 0.15) is 44.3 Å². The second kappa shape index (κ2) is 7.78. The van der Waals surface area contributed by atoms with E-state index in [2.05, 4.69) is 10.6 Å². The van der Waals surface area contributed by atoms with E-state index in [-0.39, 0.29) is 5.91 Å². The summed E-state index contributed by atoms with van der Waals surface area (Å²) < 4.78 is 0. The zero-order valence-electron chi connectivity index (χ0n) is 12.3. The maximum Gasteiger partial charge on any atom is 0.217 e. The van der Waals surface area contributed by atoms with Gasteiger partial charge in [0.15, 0.2) is 0 Å². The number of halogens is 1. The molecular formula is C16H23ClN2O2. The van der Waals surface area contributed by atoms with Crippen molar-refractivity contribution >= 4 is 17.5 Å². The van der Waals surface area contributed by atoms with Crippen molar-refractivity contribution < 1.29 is 9.90 Å². The van der Waals surface area contributed by atoms with Crippen molar-refractivity contribution in [2.75, 3.05) is 6.54 Å². The van der Waals surface area contributed by atoms with Crippen LogP contribution in [-0.4, -0.2) is 29.6 Å². The Morgan fingerprint density at radius 1 is 1.29 bits per heavy atom. The topological polar surface area (TPSA) is 61.4 Å². The molecule has 1 aliphatic rings. The van der Waals surface area contributed by atoms with Crippen LogP contribution in [0.2, 0.25) is 5.02 Å². The van der Waals surface area contributed by atoms with Gasteiger partial charge in [-0.25, -0.2) is 0 Å². The van der Waals surface area contributed by atoms with Gasteiger partial charge in [0.25, 0.3) is 0 Å². The highest BCUT2D eigenvalue weighted by atomic mass is 35.5. The standard InChI is InChI=1S/C16H23ClN2O2/c1-11(20)19-13-8-6-12(7-9-13)18-10-16(21)14-4-2-3-5-15(14)17/h2-5,12-13,16,18,21H,6-10H2,1H3,(H,19,20)/t12?,13?,16-/m1/s1. The monoisotopic (exact) mass is 310 g/mol. The minimum atomic E-state index is -0.591. The molecule has 1 atom stereocenters. The van der Waals surface area contributed by atoms with E-state index in [0.29, 0.717) is 23.7 Å². The molecule has 1 aromatic carbocycles. The molecule has 0 aliphatic heterocycles. The molecular weight excluding hydrogens is 288 g/mol. The third kappa shape index (κ3) is 4.99. The molecule has 0 saturated heterocycles. The van der Waals surface area contributed by atoms with Gasteiger partial charge in [-0.1, -0.05) is 29.8 Å². The third-order valence-corrected chi connectivity index (χ3v) is 4.34. The molecule has 116 valence electrons. The number of benzene rings is 1. The lowest BCUT2D eigenvalue weighted by Gasteiger charge is -2.30. The number of hydrogen-bond donors (Lipinski definition) is 3. The largest absolute Gasteiger partial charge is 0.387 e. The minimum Gasteiger partial charge on any atom is -0.387 e. The van der Waals surface area contributed by atoms with E-state index in [1.807, 2.05) is 18.2 Å². The summed E-state index contributed by atoms with van der Waals surface area (Å²) in [5.74, 6) is 0.0422. The first-order valence-corrected chi connectivity index (χ1v) is 7.87. The van der Waals surface area contributed by atoms with Gasteiger partial charge < -0.3 is 15.7 Å². The molecule has 3 N–H and O–H groups in total. The number of aliphatic hydroxyl groups excluding tert-OH is 1. The Kier molecular flexibility index (Phi) is 6.03. The second-order valence-electron chi connectivity index (χ2n) is 5.69. The van der Waals surface area contributed by atoms with E-state index in [1.165, 1.54) is 0 Å². The van der Waals surface area contributed by atoms with Crippen molar-refractivity contribution in [1.82, 2.24) is 10.6 Å². The average molecular weight is 311 g/mol. The Balaban J connectivity index is 1.75. The van der Waals surface area contributed by atoms with Gasteiger partial charge in [0.05, 0.1) is 6.10 Å². The number of rotatable bonds is 5. The third-order valence-electron chi connectivity index (χ3n) is 4.00. The summed E-state index contributed by atoms with van der Waals surface area (Å²) in [6.45, 7) is 2.06. The minimum absolute atomic E-state index is 0.0422. The van der Waals surface area contributed by atoms with Gasteiger partial charge in [-0.15, -0.1) is 0 Å². The van der Waals surface area contributed by atoms with Gasteiger partial charge in [-0.2, -0.15) is 0 Å². The summed E-state index contributed by atoms with van der Waals surface area (Å²) in [5.41, 5.74) is 0.763. The Labute approximate surface area is 130 Å². The van der Waals surface area contributed by atoms with Crippen LogP contribution in [-0.2, 0) is 4.79 Å². The van der Waals surface area contributed by atoms with Crippen LogP contribution in [0.25, 0.3) is 0 Å². The normalized spacial score (nSPS) is 23.6. The summed E-state index contributed by atoms with van der Waals surface area (Å²) in [6.07, 6.45) is 3.41. The molecule has 0 heterocycles. The molecule has 2 rings (SSSR count). The SMILES string of the molecule is CC(=O)NC1CCC(NC[C@@H](O)c2ccccc2Cl)CC1. The van der Waals surface area contributed by atoms with Crippen LogP contribution in [0.5, 0.6) is 0 Å². The summed E-state index contributed by atoms with van der Waals surface area (Å²) in [6, 6.07) is 8.07. The Morgan fingerprint density at radius 3 is 2.52 bits per heavy atom. The van der Waals surface area contributed by atoms with Crippen molar-refractivity contribution in [2.45, 2.75) is 50.8 Å². The average Bonchev–Trinajstić information content (AvgIpc) is 2.46. The molecule has 0 aromatic heterocycles. The van der Waals surface area contributed by atoms with Gasteiger partial charge >= 0.3 is 0 Å². The first kappa shape index (κ1) is 16.3. The highest BCUT2D eigenvalue weighted by Gasteiger charge is 2.22. The van der Waals surface area contributed by atoms with Crippen LogP contribution in [0.15, 0.2) is 24.3 Å². The number of carbonyl (C=O) groups is 1. The first-order chi connectivity index (χ1) is 10.1. The lowest BCUT2D eigenvalue weighted by Crippen LogP contribution is -2.42. The number of carbonyl (C=O) groups excluding carboxylic acids is 1. The van der Waals surface area contributed by atoms with E-state index in [9.17, 15) is 9.90 Å². The smallest absolute Gasteiger partial charge is 0.217 e. The van der Waals surface area contributed by atoms with Crippen molar-refractivity contribution in [3.8, 4) is 0 Å². The van der Waals surface area contributed by atoms with E-state index >= 15 is 0 Å². The van der Waals surface area contributed by atoms with Gasteiger partial charge in [-0.3, -0.25) is 4.79 Å². The van der Waals surface area contributed by atoms with Crippen molar-refractivity contribution in [3.05, 3.63) is 34.9 Å². The van der Waals surface area contributed by atoms with Crippen LogP contribution < -0.4 is 10.6 Å². The molecule has 1 aromatic rings. The van der Waals surface area contributed by atoms with Gasteiger partial charge in [0.2, 0.25) is 5.91 Å². The van der Waals surface area contributed by atoms with Crippen LogP contribution >= 0.6 is 11.6 Å². The zero-order chi connectivity index (χ0) is 15.2. The van der Waals surface area contributed by atoms with Gasteiger partial charge in [-0.05, 0) is 31.7 Å². The maximum atomic E-state index is 11.0. The molecule has 1 amide bonds. The Hall–Kier alpha value is -1.10. The van der Waals surface area contributed by atoms with E-state index in [0.717, 1.165) is 31.2 Å². The van der Waals surface area contributed by atoms with E-state index < -0.39 is 6.10 Å². The summed E-state index contributed by atoms with van der Waals surface area (Å²) in [7, 11) is 0. The summed E-state index contributed by atoms with van der Waals surface area (Å²) >= 11 is 6.08. The molecule has 5 heteroatoms. The molecule has 21 heavy (non-hydrogen) atoms. The van der Waals surface area contributed by atoms with Gasteiger partial charge in [0.1, 0.15) is 0 Å². The Bertz CT molecular complexity index is 473. The fourth-order valence-corrected chi connectivity index (χ4v) is 3.12. The molecule has 1 aliphatic carbocycles. The molecule has 1 saturated carbocycles. The summed E-state index contributed by atoms with van der Waals surface area (Å²) in [5, 5.41) is 17.2. The lowest BCUT2D eigenvalue weighted by atomic mass is 9.91. The van der Waals surface area contributed by atoms with Crippen LogP contribution in [0, 0.1) is 0 Å². The van der Waals surface area contributed by atoms with Crippen molar-refractivity contribution in [1.29, 1.82) is 0 Å². The fraction of sp³-hybridized carbons (Fsp3) is 0.562. The molecule has 0 bridgehead atoms. The molecule has 4 nitrogen and oxygen atoms in total. The quantitative estimate of drug-likeness (QED) is 0.782. The highest BCUT2D eigenvalue weighted by Crippen LogP contribution is 2.23. The predicted molar refractivity (Wildman–Crippen MR) is 84.3 cm³/mol. The maximum absolute atomic E-state index is 11.0. The highest BCUT2D eigenvalue weighted by molar-refractivity contribution is 6.31.